The highest BCUT2D eigenvalue weighted by atomic mass is 127. The van der Waals surface area contributed by atoms with Gasteiger partial charge in [-0.3, -0.25) is 0 Å². The fourth-order valence-electron chi connectivity index (χ4n) is 3.74. The normalized spacial score (nSPS) is 19.3. The van der Waals surface area contributed by atoms with E-state index in [2.05, 4.69) is 19.1 Å². The minimum atomic E-state index is 0.474. The van der Waals surface area contributed by atoms with Crippen molar-refractivity contribution in [2.75, 3.05) is 0 Å². The Morgan fingerprint density at radius 1 is 1.11 bits per heavy atom. The Balaban J connectivity index is 0.000000574. The van der Waals surface area contributed by atoms with Crippen LogP contribution in [0.1, 0.15) is 62.6 Å². The van der Waals surface area contributed by atoms with E-state index < -0.39 is 0 Å². The van der Waals surface area contributed by atoms with Gasteiger partial charge < -0.3 is 3.07 Å². The van der Waals surface area contributed by atoms with Gasteiger partial charge in [-0.2, -0.15) is 0 Å². The lowest BCUT2D eigenvalue weighted by atomic mass is 9.79. The predicted molar refractivity (Wildman–Crippen MR) is 85.6 cm³/mol. The Labute approximate surface area is 125 Å². The minimum absolute atomic E-state index is 0.474. The zero-order valence-electron chi connectivity index (χ0n) is 11.7. The van der Waals surface area contributed by atoms with Crippen molar-refractivity contribution in [3.05, 3.63) is 28.8 Å². The van der Waals surface area contributed by atoms with E-state index in [9.17, 15) is 0 Å². The molecule has 1 aromatic carbocycles. The third-order valence-corrected chi connectivity index (χ3v) is 5.01. The Morgan fingerprint density at radius 2 is 1.78 bits per heavy atom. The van der Waals surface area contributed by atoms with Crippen LogP contribution in [-0.2, 0) is 11.8 Å². The smallest absolute Gasteiger partial charge is 0.192 e. The molecule has 0 radical (unpaired) electrons. The van der Waals surface area contributed by atoms with Gasteiger partial charge in [-0.05, 0) is 55.2 Å². The largest absolute Gasteiger partial charge is 0.427 e. The predicted octanol–water partition coefficient (Wildman–Crippen LogP) is 5.51. The maximum absolute atomic E-state index is 5.57. The van der Waals surface area contributed by atoms with E-state index in [1.54, 1.807) is 11.1 Å². The van der Waals surface area contributed by atoms with Crippen molar-refractivity contribution in [2.24, 2.45) is 0 Å². The van der Waals surface area contributed by atoms with Gasteiger partial charge in [0, 0.05) is 5.56 Å². The van der Waals surface area contributed by atoms with Crippen molar-refractivity contribution in [1.82, 2.24) is 0 Å². The highest BCUT2D eigenvalue weighted by Crippen LogP contribution is 2.54. The highest BCUT2D eigenvalue weighted by molar-refractivity contribution is 14.1. The SMILES string of the molecule is CC.Cc1ccc(OI)c2c1CCC21CCCC1. The van der Waals surface area contributed by atoms with E-state index in [0.29, 0.717) is 5.41 Å². The number of hydrogen-bond acceptors (Lipinski definition) is 1. The molecule has 1 fully saturated rings. The molecule has 0 atom stereocenters. The third kappa shape index (κ3) is 2.17. The van der Waals surface area contributed by atoms with Gasteiger partial charge >= 0.3 is 0 Å². The summed E-state index contributed by atoms with van der Waals surface area (Å²) in [6, 6.07) is 4.37. The van der Waals surface area contributed by atoms with Crippen molar-refractivity contribution in [1.29, 1.82) is 0 Å². The molecular weight excluding hydrogens is 335 g/mol. The van der Waals surface area contributed by atoms with E-state index in [0.717, 1.165) is 5.75 Å². The number of halogens is 1. The molecule has 1 spiro atoms. The lowest BCUT2D eigenvalue weighted by Gasteiger charge is -2.26. The van der Waals surface area contributed by atoms with Gasteiger partial charge in [-0.15, -0.1) is 0 Å². The van der Waals surface area contributed by atoms with E-state index in [1.165, 1.54) is 44.1 Å². The van der Waals surface area contributed by atoms with E-state index in [-0.39, 0.29) is 0 Å². The van der Waals surface area contributed by atoms with Crippen LogP contribution in [0.25, 0.3) is 0 Å². The maximum Gasteiger partial charge on any atom is 0.192 e. The van der Waals surface area contributed by atoms with E-state index >= 15 is 0 Å². The molecule has 3 rings (SSSR count). The molecule has 1 aromatic rings. The molecule has 0 aromatic heterocycles. The molecular formula is C16H23IO. The molecule has 0 bridgehead atoms. The van der Waals surface area contributed by atoms with Crippen LogP contribution in [0.5, 0.6) is 5.75 Å². The molecule has 2 heteroatoms. The summed E-state index contributed by atoms with van der Waals surface area (Å²) < 4.78 is 5.57. The Kier molecular flexibility index (Phi) is 4.57. The summed E-state index contributed by atoms with van der Waals surface area (Å²) in [6.07, 6.45) is 8.14. The van der Waals surface area contributed by atoms with Crippen molar-refractivity contribution in [3.8, 4) is 5.75 Å². The van der Waals surface area contributed by atoms with E-state index in [1.807, 2.05) is 36.9 Å². The second-order valence-corrected chi connectivity index (χ2v) is 5.74. The van der Waals surface area contributed by atoms with Crippen LogP contribution in [0.2, 0.25) is 0 Å². The number of benzene rings is 1. The molecule has 0 amide bonds. The van der Waals surface area contributed by atoms with Gasteiger partial charge in [0.05, 0.1) is 0 Å². The average molecular weight is 358 g/mol. The first-order valence-corrected chi connectivity index (χ1v) is 8.06. The zero-order chi connectivity index (χ0) is 13.2. The number of fused-ring (bicyclic) bond motifs is 2. The molecule has 0 unspecified atom stereocenters. The molecule has 1 nitrogen and oxygen atoms in total. The summed E-state index contributed by atoms with van der Waals surface area (Å²) in [7, 11) is 0. The van der Waals surface area contributed by atoms with Crippen LogP contribution in [0.4, 0.5) is 0 Å². The quantitative estimate of drug-likeness (QED) is 0.602. The molecule has 2 aliphatic rings. The third-order valence-electron chi connectivity index (χ3n) is 4.54. The van der Waals surface area contributed by atoms with Crippen LogP contribution >= 0.6 is 23.0 Å². The lowest BCUT2D eigenvalue weighted by molar-refractivity contribution is 0.431. The average Bonchev–Trinajstić information content (AvgIpc) is 3.03. The molecule has 0 N–H and O–H groups in total. The summed E-state index contributed by atoms with van der Waals surface area (Å²) >= 11 is 2.03. The minimum Gasteiger partial charge on any atom is -0.427 e. The highest BCUT2D eigenvalue weighted by Gasteiger charge is 2.43. The van der Waals surface area contributed by atoms with Crippen molar-refractivity contribution >= 4 is 23.0 Å². The number of rotatable bonds is 1. The second-order valence-electron chi connectivity index (χ2n) is 5.30. The molecule has 1 saturated carbocycles. The van der Waals surface area contributed by atoms with Crippen LogP contribution in [-0.4, -0.2) is 0 Å². The molecule has 2 aliphatic carbocycles. The fraction of sp³-hybridized carbons (Fsp3) is 0.625. The van der Waals surface area contributed by atoms with Crippen molar-refractivity contribution in [2.45, 2.75) is 64.7 Å². The molecule has 0 aliphatic heterocycles. The van der Waals surface area contributed by atoms with Crippen LogP contribution < -0.4 is 3.07 Å². The number of hydrogen-bond donors (Lipinski definition) is 0. The second kappa shape index (κ2) is 5.81. The van der Waals surface area contributed by atoms with Gasteiger partial charge in [0.2, 0.25) is 0 Å². The Morgan fingerprint density at radius 3 is 2.39 bits per heavy atom. The molecule has 100 valence electrons. The zero-order valence-corrected chi connectivity index (χ0v) is 13.8. The Hall–Kier alpha value is -0.250. The fourth-order valence-corrected chi connectivity index (χ4v) is 4.11. The molecule has 0 saturated heterocycles. The standard InChI is InChI=1S/C14H17IO.C2H6/c1-10-4-5-12(16-15)13-11(10)6-9-14(13)7-2-3-8-14;1-2/h4-5H,2-3,6-9H2,1H3;1-2H3. The summed E-state index contributed by atoms with van der Waals surface area (Å²) in [5.41, 5.74) is 5.06. The number of aryl methyl sites for hydroxylation is 1. The Bertz CT molecular complexity index is 419. The lowest BCUT2D eigenvalue weighted by Crippen LogP contribution is -2.18. The van der Waals surface area contributed by atoms with Crippen LogP contribution in [0, 0.1) is 6.92 Å². The van der Waals surface area contributed by atoms with Crippen molar-refractivity contribution < 1.29 is 3.07 Å². The van der Waals surface area contributed by atoms with Gasteiger partial charge in [0.15, 0.2) is 23.0 Å². The summed E-state index contributed by atoms with van der Waals surface area (Å²) in [5.74, 6) is 1.13. The monoisotopic (exact) mass is 358 g/mol. The molecule has 0 heterocycles. The maximum atomic E-state index is 5.57. The first-order valence-electron chi connectivity index (χ1n) is 7.18. The van der Waals surface area contributed by atoms with Gasteiger partial charge in [0.1, 0.15) is 5.75 Å². The van der Waals surface area contributed by atoms with Crippen LogP contribution in [0.3, 0.4) is 0 Å². The van der Waals surface area contributed by atoms with Crippen molar-refractivity contribution in [3.63, 3.8) is 0 Å². The first kappa shape index (κ1) is 14.2. The summed E-state index contributed by atoms with van der Waals surface area (Å²) in [4.78, 5) is 0. The first-order chi connectivity index (χ1) is 8.77. The summed E-state index contributed by atoms with van der Waals surface area (Å²) in [6.45, 7) is 6.24. The van der Waals surface area contributed by atoms with Gasteiger partial charge in [-0.1, -0.05) is 32.8 Å². The molecule has 18 heavy (non-hydrogen) atoms. The van der Waals surface area contributed by atoms with E-state index in [4.69, 9.17) is 3.07 Å². The van der Waals surface area contributed by atoms with Crippen LogP contribution in [0.15, 0.2) is 12.1 Å². The topological polar surface area (TPSA) is 9.23 Å². The van der Waals surface area contributed by atoms with Gasteiger partial charge in [0.25, 0.3) is 0 Å². The summed E-state index contributed by atoms with van der Waals surface area (Å²) in [5, 5.41) is 0. The van der Waals surface area contributed by atoms with Gasteiger partial charge in [-0.25, -0.2) is 0 Å².